The first kappa shape index (κ1) is 26.1. The van der Waals surface area contributed by atoms with Crippen LogP contribution in [0.3, 0.4) is 0 Å². The zero-order chi connectivity index (χ0) is 26.0. The van der Waals surface area contributed by atoms with Gasteiger partial charge in [-0.05, 0) is 43.7 Å². The van der Waals surface area contributed by atoms with Crippen molar-refractivity contribution in [3.63, 3.8) is 0 Å². The molecule has 0 fully saturated rings. The summed E-state index contributed by atoms with van der Waals surface area (Å²) >= 11 is 8.40. The zero-order valence-corrected chi connectivity index (χ0v) is 22.3. The number of thiophene rings is 1. The first-order valence-corrected chi connectivity index (χ1v) is 13.2. The van der Waals surface area contributed by atoms with Crippen molar-refractivity contribution in [3.05, 3.63) is 60.2 Å². The largest absolute Gasteiger partial charge is 0.496 e. The molecule has 0 saturated heterocycles. The molecule has 1 aliphatic heterocycles. The molecule has 36 heavy (non-hydrogen) atoms. The average Bonchev–Trinajstić information content (AvgIpc) is 3.48. The number of hydrogen-bond acceptors (Lipinski definition) is 8. The highest BCUT2D eigenvalue weighted by Gasteiger charge is 2.25. The van der Waals surface area contributed by atoms with Crippen molar-refractivity contribution < 1.29 is 24.2 Å². The molecule has 3 heterocycles. The fraction of sp³-hybridized carbons (Fsp3) is 0.333. The van der Waals surface area contributed by atoms with Crippen molar-refractivity contribution >= 4 is 57.7 Å². The number of anilines is 1. The Bertz CT molecular complexity index is 1320. The number of carbonyl (C=O) groups excluding carboxylic acids is 2. The van der Waals surface area contributed by atoms with Gasteiger partial charge in [0.25, 0.3) is 11.8 Å². The fourth-order valence-electron chi connectivity index (χ4n) is 3.85. The summed E-state index contributed by atoms with van der Waals surface area (Å²) in [5.74, 6) is -1.87. The molecule has 2 aromatic heterocycles. The van der Waals surface area contributed by atoms with E-state index >= 15 is 0 Å². The van der Waals surface area contributed by atoms with Gasteiger partial charge in [-0.15, -0.1) is 22.7 Å². The van der Waals surface area contributed by atoms with Gasteiger partial charge in [0, 0.05) is 42.7 Å². The summed E-state index contributed by atoms with van der Waals surface area (Å²) < 4.78 is 5.72. The van der Waals surface area contributed by atoms with Crippen LogP contribution in [-0.2, 0) is 19.5 Å². The summed E-state index contributed by atoms with van der Waals surface area (Å²) in [6.45, 7) is 5.92. The van der Waals surface area contributed by atoms with Gasteiger partial charge in [0.2, 0.25) is 0 Å². The van der Waals surface area contributed by atoms with Crippen LogP contribution in [0.5, 0.6) is 5.75 Å². The lowest BCUT2D eigenvalue weighted by atomic mass is 10.1. The number of halogens is 1. The number of nitrogens with one attached hydrogen (secondary N) is 2. The quantitative estimate of drug-likeness (QED) is 0.378. The number of nitrogens with zero attached hydrogens (tertiary/aromatic N) is 2. The smallest absolute Gasteiger partial charge is 0.339 e. The van der Waals surface area contributed by atoms with Gasteiger partial charge >= 0.3 is 5.97 Å². The number of carboxylic acids is 1. The summed E-state index contributed by atoms with van der Waals surface area (Å²) in [4.78, 5) is 45.8. The Morgan fingerprint density at radius 2 is 2.00 bits per heavy atom. The van der Waals surface area contributed by atoms with E-state index in [-0.39, 0.29) is 29.5 Å². The summed E-state index contributed by atoms with van der Waals surface area (Å²) in [7, 11) is 1.36. The number of carboxylic acid groups (broad SMARTS) is 1. The summed E-state index contributed by atoms with van der Waals surface area (Å²) in [5, 5.41) is 15.5. The van der Waals surface area contributed by atoms with E-state index in [1.165, 1.54) is 30.6 Å². The average molecular weight is 549 g/mol. The van der Waals surface area contributed by atoms with Crippen LogP contribution in [0.1, 0.15) is 59.8 Å². The van der Waals surface area contributed by atoms with Crippen molar-refractivity contribution in [2.24, 2.45) is 0 Å². The number of hydrogen-bond donors (Lipinski definition) is 3. The molecule has 9 nitrogen and oxygen atoms in total. The first-order chi connectivity index (χ1) is 17.2. The Morgan fingerprint density at radius 3 is 2.64 bits per heavy atom. The van der Waals surface area contributed by atoms with Gasteiger partial charge in [-0.25, -0.2) is 9.78 Å². The number of rotatable bonds is 8. The molecule has 1 aliphatic rings. The van der Waals surface area contributed by atoms with Gasteiger partial charge in [0.05, 0.1) is 22.0 Å². The van der Waals surface area contributed by atoms with E-state index in [9.17, 15) is 19.5 Å². The van der Waals surface area contributed by atoms with Crippen LogP contribution < -0.4 is 15.4 Å². The Balaban J connectivity index is 1.58. The zero-order valence-electron chi connectivity index (χ0n) is 19.9. The van der Waals surface area contributed by atoms with E-state index in [0.717, 1.165) is 41.4 Å². The van der Waals surface area contributed by atoms with Gasteiger partial charge in [-0.1, -0.05) is 11.6 Å². The molecule has 3 aromatic rings. The van der Waals surface area contributed by atoms with E-state index < -0.39 is 11.9 Å². The number of methoxy groups -OCH3 is 1. The molecule has 0 saturated carbocycles. The Labute approximate surface area is 221 Å². The lowest BCUT2D eigenvalue weighted by Crippen LogP contribution is -2.35. The minimum Gasteiger partial charge on any atom is -0.496 e. The highest BCUT2D eigenvalue weighted by Crippen LogP contribution is 2.30. The molecule has 2 amide bonds. The molecule has 0 spiro atoms. The van der Waals surface area contributed by atoms with E-state index in [4.69, 9.17) is 16.3 Å². The molecule has 1 aromatic carbocycles. The van der Waals surface area contributed by atoms with Crippen molar-refractivity contribution in [3.8, 4) is 5.75 Å². The number of carbonyl (C=O) groups is 3. The van der Waals surface area contributed by atoms with E-state index in [1.54, 1.807) is 12.1 Å². The Morgan fingerprint density at radius 1 is 1.22 bits per heavy atom. The second-order valence-electron chi connectivity index (χ2n) is 8.46. The number of thiazole rings is 1. The maximum atomic E-state index is 13.1. The molecular weight excluding hydrogens is 524 g/mol. The normalized spacial score (nSPS) is 13.4. The van der Waals surface area contributed by atoms with Crippen molar-refractivity contribution in [1.29, 1.82) is 0 Å². The predicted octanol–water partition coefficient (Wildman–Crippen LogP) is 4.51. The fourth-order valence-corrected chi connectivity index (χ4v) is 5.84. The monoisotopic (exact) mass is 548 g/mol. The maximum Gasteiger partial charge on any atom is 0.339 e. The SMILES string of the molecule is COc1cc(CNC(=O)c2ccc(Cl)s2)c(NC(=O)c2nc3c(s2)CN(C(C)C)CC3)cc1C(=O)O. The molecule has 0 radical (unpaired) electrons. The van der Waals surface area contributed by atoms with Gasteiger partial charge in [0.1, 0.15) is 11.3 Å². The lowest BCUT2D eigenvalue weighted by molar-refractivity contribution is 0.0692. The van der Waals surface area contributed by atoms with Crippen LogP contribution in [-0.4, -0.2) is 52.5 Å². The third kappa shape index (κ3) is 5.70. The number of aromatic carboxylic acids is 1. The third-order valence-corrected chi connectivity index (χ3v) is 8.14. The molecule has 190 valence electrons. The molecule has 0 atom stereocenters. The number of amides is 2. The molecule has 3 N–H and O–H groups in total. The van der Waals surface area contributed by atoms with Gasteiger partial charge in [0.15, 0.2) is 5.01 Å². The van der Waals surface area contributed by atoms with Crippen molar-refractivity contribution in [1.82, 2.24) is 15.2 Å². The van der Waals surface area contributed by atoms with E-state index in [0.29, 0.717) is 25.8 Å². The first-order valence-electron chi connectivity index (χ1n) is 11.2. The van der Waals surface area contributed by atoms with Crippen LogP contribution in [0.4, 0.5) is 5.69 Å². The van der Waals surface area contributed by atoms with Crippen molar-refractivity contribution in [2.75, 3.05) is 19.0 Å². The van der Waals surface area contributed by atoms with Gasteiger partial charge < -0.3 is 20.5 Å². The third-order valence-electron chi connectivity index (χ3n) is 5.83. The summed E-state index contributed by atoms with van der Waals surface area (Å²) in [6, 6.07) is 6.47. The number of fused-ring (bicyclic) bond motifs is 1. The van der Waals surface area contributed by atoms with Crippen LogP contribution >= 0.6 is 34.3 Å². The van der Waals surface area contributed by atoms with E-state index in [2.05, 4.69) is 34.4 Å². The van der Waals surface area contributed by atoms with Crippen LogP contribution in [0.15, 0.2) is 24.3 Å². The second kappa shape index (κ2) is 11.0. The lowest BCUT2D eigenvalue weighted by Gasteiger charge is -2.29. The summed E-state index contributed by atoms with van der Waals surface area (Å²) in [5.41, 5.74) is 1.54. The topological polar surface area (TPSA) is 121 Å². The van der Waals surface area contributed by atoms with Crippen molar-refractivity contribution in [2.45, 2.75) is 39.4 Å². The standard InChI is InChI=1S/C24H25ClN4O5S2/c1-12(2)29-7-6-15-19(11-29)36-23(28-15)22(31)27-16-9-14(24(32)33)17(34-3)8-13(16)10-26-21(30)18-4-5-20(25)35-18/h4-5,8-9,12H,6-7,10-11H2,1-3H3,(H,26,30)(H,27,31)(H,32,33). The number of ether oxygens (including phenoxy) is 1. The maximum absolute atomic E-state index is 13.1. The highest BCUT2D eigenvalue weighted by atomic mass is 35.5. The molecule has 0 aliphatic carbocycles. The molecule has 4 rings (SSSR count). The molecular formula is C24H25ClN4O5S2. The Hall–Kier alpha value is -2.99. The number of aromatic nitrogens is 1. The molecule has 12 heteroatoms. The highest BCUT2D eigenvalue weighted by molar-refractivity contribution is 7.18. The minimum absolute atomic E-state index is 0.0257. The number of benzene rings is 1. The van der Waals surface area contributed by atoms with Crippen LogP contribution in [0, 0.1) is 0 Å². The second-order valence-corrected chi connectivity index (χ2v) is 11.3. The van der Waals surface area contributed by atoms with Gasteiger partial charge in [-0.2, -0.15) is 0 Å². The van der Waals surface area contributed by atoms with Crippen LogP contribution in [0.25, 0.3) is 0 Å². The van der Waals surface area contributed by atoms with E-state index in [1.807, 2.05) is 0 Å². The molecule has 0 unspecified atom stereocenters. The summed E-state index contributed by atoms with van der Waals surface area (Å²) in [6.07, 6.45) is 0.771. The Kier molecular flexibility index (Phi) is 7.94. The van der Waals surface area contributed by atoms with Crippen LogP contribution in [0.2, 0.25) is 4.34 Å². The van der Waals surface area contributed by atoms with Gasteiger partial charge in [-0.3, -0.25) is 14.5 Å². The molecule has 0 bridgehead atoms. The predicted molar refractivity (Wildman–Crippen MR) is 140 cm³/mol. The minimum atomic E-state index is -1.20.